The second kappa shape index (κ2) is 11.1. The highest BCUT2D eigenvalue weighted by atomic mass is 32.1. The van der Waals surface area contributed by atoms with E-state index in [1.54, 1.807) is 45.0 Å². The number of likely N-dealkylation sites (N-methyl/N-ethyl adjacent to an activating group) is 1. The normalized spacial score (nSPS) is 13.2. The second-order valence-electron chi connectivity index (χ2n) is 8.27. The van der Waals surface area contributed by atoms with Crippen molar-refractivity contribution in [3.05, 3.63) is 42.0 Å². The largest absolute Gasteiger partial charge is 0.444 e. The lowest BCUT2D eigenvalue weighted by molar-refractivity contribution is -0.140. The standard InChI is InChI=1S/C22H33N3O4S/c1-8-15-10-9-11-16(12-15)18(19(26)23-14(2)3)25(7)20(27)17(13-30)24-21(28)29-22(4,5)6/h8-12,14,17-18,30H,1,13H2,2-7H3,(H,23,26)(H,24,28). The van der Waals surface area contributed by atoms with E-state index in [-0.39, 0.29) is 17.7 Å². The van der Waals surface area contributed by atoms with Crippen molar-refractivity contribution in [2.75, 3.05) is 12.8 Å². The van der Waals surface area contributed by atoms with Crippen molar-refractivity contribution in [3.63, 3.8) is 0 Å². The third-order valence-corrected chi connectivity index (χ3v) is 4.41. The SMILES string of the molecule is C=Cc1cccc(C(C(=O)NC(C)C)N(C)C(=O)C(CS)NC(=O)OC(C)(C)C)c1. The van der Waals surface area contributed by atoms with E-state index in [0.29, 0.717) is 5.56 Å². The van der Waals surface area contributed by atoms with Gasteiger partial charge in [-0.05, 0) is 51.8 Å². The molecule has 0 saturated carbocycles. The number of thiol groups is 1. The van der Waals surface area contributed by atoms with Gasteiger partial charge in [-0.1, -0.05) is 30.9 Å². The molecule has 0 aromatic heterocycles. The van der Waals surface area contributed by atoms with Crippen LogP contribution in [0.15, 0.2) is 30.8 Å². The molecule has 3 amide bonds. The summed E-state index contributed by atoms with van der Waals surface area (Å²) < 4.78 is 5.23. The molecular formula is C22H33N3O4S. The Kier molecular flexibility index (Phi) is 9.42. The van der Waals surface area contributed by atoms with Crippen LogP contribution in [0, 0.1) is 0 Å². The summed E-state index contributed by atoms with van der Waals surface area (Å²) in [6.45, 7) is 12.6. The van der Waals surface area contributed by atoms with E-state index in [0.717, 1.165) is 5.56 Å². The number of rotatable bonds is 8. The molecule has 1 aromatic rings. The fourth-order valence-corrected chi connectivity index (χ4v) is 3.03. The number of ether oxygens (including phenoxy) is 1. The summed E-state index contributed by atoms with van der Waals surface area (Å²) in [5.41, 5.74) is 0.759. The van der Waals surface area contributed by atoms with Crippen LogP contribution in [0.2, 0.25) is 0 Å². The summed E-state index contributed by atoms with van der Waals surface area (Å²) >= 11 is 4.20. The summed E-state index contributed by atoms with van der Waals surface area (Å²) in [5, 5.41) is 5.39. The van der Waals surface area contributed by atoms with Gasteiger partial charge in [0, 0.05) is 18.8 Å². The van der Waals surface area contributed by atoms with Crippen molar-refractivity contribution in [1.29, 1.82) is 0 Å². The highest BCUT2D eigenvalue weighted by Crippen LogP contribution is 2.23. The van der Waals surface area contributed by atoms with Crippen LogP contribution in [0.5, 0.6) is 0 Å². The molecule has 0 spiro atoms. The maximum atomic E-state index is 13.1. The highest BCUT2D eigenvalue weighted by Gasteiger charge is 2.33. The molecule has 30 heavy (non-hydrogen) atoms. The lowest BCUT2D eigenvalue weighted by Gasteiger charge is -2.31. The number of benzene rings is 1. The zero-order valence-electron chi connectivity index (χ0n) is 18.6. The first-order valence-electron chi connectivity index (χ1n) is 9.79. The number of hydrogen-bond donors (Lipinski definition) is 3. The molecule has 0 bridgehead atoms. The maximum absolute atomic E-state index is 13.1. The first-order chi connectivity index (χ1) is 13.9. The molecule has 0 saturated heterocycles. The van der Waals surface area contributed by atoms with Crippen molar-refractivity contribution in [2.45, 2.75) is 58.3 Å². The minimum Gasteiger partial charge on any atom is -0.444 e. The monoisotopic (exact) mass is 435 g/mol. The fraction of sp³-hybridized carbons (Fsp3) is 0.500. The Morgan fingerprint density at radius 3 is 2.37 bits per heavy atom. The van der Waals surface area contributed by atoms with Crippen LogP contribution in [0.3, 0.4) is 0 Å². The minimum absolute atomic E-state index is 0.0492. The molecule has 1 aromatic carbocycles. The Labute approximate surface area is 184 Å². The quantitative estimate of drug-likeness (QED) is 0.547. The molecule has 0 fully saturated rings. The van der Waals surface area contributed by atoms with Crippen molar-refractivity contribution >= 4 is 36.6 Å². The topological polar surface area (TPSA) is 87.7 Å². The summed E-state index contributed by atoms with van der Waals surface area (Å²) in [6.07, 6.45) is 0.948. The Balaban J connectivity index is 3.18. The fourth-order valence-electron chi connectivity index (χ4n) is 2.78. The summed E-state index contributed by atoms with van der Waals surface area (Å²) in [4.78, 5) is 39.5. The van der Waals surface area contributed by atoms with E-state index in [4.69, 9.17) is 4.74 Å². The number of hydrogen-bond acceptors (Lipinski definition) is 5. The van der Waals surface area contributed by atoms with E-state index in [9.17, 15) is 14.4 Å². The zero-order valence-corrected chi connectivity index (χ0v) is 19.5. The summed E-state index contributed by atoms with van der Waals surface area (Å²) in [7, 11) is 1.53. The molecule has 0 aliphatic heterocycles. The molecular weight excluding hydrogens is 402 g/mol. The van der Waals surface area contributed by atoms with Crippen LogP contribution < -0.4 is 10.6 Å². The van der Waals surface area contributed by atoms with E-state index in [1.165, 1.54) is 11.9 Å². The average molecular weight is 436 g/mol. The van der Waals surface area contributed by atoms with Gasteiger partial charge in [0.2, 0.25) is 11.8 Å². The smallest absolute Gasteiger partial charge is 0.408 e. The lowest BCUT2D eigenvalue weighted by Crippen LogP contribution is -2.53. The van der Waals surface area contributed by atoms with Gasteiger partial charge in [0.1, 0.15) is 17.7 Å². The number of carbonyl (C=O) groups excluding carboxylic acids is 3. The molecule has 2 N–H and O–H groups in total. The second-order valence-corrected chi connectivity index (χ2v) is 8.64. The third-order valence-electron chi connectivity index (χ3n) is 4.05. The van der Waals surface area contributed by atoms with Gasteiger partial charge in [-0.2, -0.15) is 12.6 Å². The molecule has 7 nitrogen and oxygen atoms in total. The first kappa shape index (κ1) is 25.6. The number of alkyl carbamates (subject to hydrolysis) is 1. The Morgan fingerprint density at radius 2 is 1.87 bits per heavy atom. The van der Waals surface area contributed by atoms with Gasteiger partial charge in [0.15, 0.2) is 0 Å². The number of nitrogens with one attached hydrogen (secondary N) is 2. The minimum atomic E-state index is -0.954. The van der Waals surface area contributed by atoms with Gasteiger partial charge in [0.25, 0.3) is 0 Å². The number of amides is 3. The Bertz CT molecular complexity index is 774. The Hall–Kier alpha value is -2.48. The van der Waals surface area contributed by atoms with E-state index in [2.05, 4.69) is 29.8 Å². The summed E-state index contributed by atoms with van der Waals surface area (Å²) in [6, 6.07) is 5.29. The van der Waals surface area contributed by atoms with Crippen LogP contribution in [-0.2, 0) is 14.3 Å². The van der Waals surface area contributed by atoms with Gasteiger partial charge in [-0.3, -0.25) is 9.59 Å². The molecule has 0 aliphatic carbocycles. The number of carbonyl (C=O) groups is 3. The third kappa shape index (κ3) is 7.74. The number of nitrogens with zero attached hydrogens (tertiary/aromatic N) is 1. The Morgan fingerprint density at radius 1 is 1.23 bits per heavy atom. The molecule has 1 rings (SSSR count). The van der Waals surface area contributed by atoms with E-state index >= 15 is 0 Å². The zero-order chi connectivity index (χ0) is 23.1. The maximum Gasteiger partial charge on any atom is 0.408 e. The molecule has 0 radical (unpaired) electrons. The van der Waals surface area contributed by atoms with E-state index < -0.39 is 29.7 Å². The van der Waals surface area contributed by atoms with Crippen molar-refractivity contribution in [2.24, 2.45) is 0 Å². The van der Waals surface area contributed by atoms with Crippen LogP contribution in [0.25, 0.3) is 6.08 Å². The van der Waals surface area contributed by atoms with Crippen LogP contribution >= 0.6 is 12.6 Å². The molecule has 0 heterocycles. The molecule has 2 unspecified atom stereocenters. The molecule has 0 aliphatic rings. The predicted molar refractivity (Wildman–Crippen MR) is 122 cm³/mol. The average Bonchev–Trinajstić information content (AvgIpc) is 2.63. The lowest BCUT2D eigenvalue weighted by atomic mass is 10.0. The molecule has 166 valence electrons. The molecule has 2 atom stereocenters. The van der Waals surface area contributed by atoms with Crippen molar-refractivity contribution < 1.29 is 19.1 Å². The van der Waals surface area contributed by atoms with Crippen LogP contribution in [-0.4, -0.2) is 53.3 Å². The van der Waals surface area contributed by atoms with Gasteiger partial charge in [-0.25, -0.2) is 4.79 Å². The highest BCUT2D eigenvalue weighted by molar-refractivity contribution is 7.80. The van der Waals surface area contributed by atoms with Crippen molar-refractivity contribution in [1.82, 2.24) is 15.5 Å². The van der Waals surface area contributed by atoms with Crippen LogP contribution in [0.4, 0.5) is 4.79 Å². The van der Waals surface area contributed by atoms with Crippen molar-refractivity contribution in [3.8, 4) is 0 Å². The van der Waals surface area contributed by atoms with Gasteiger partial charge < -0.3 is 20.3 Å². The summed E-state index contributed by atoms with van der Waals surface area (Å²) in [5.74, 6) is -0.728. The predicted octanol–water partition coefficient (Wildman–Crippen LogP) is 3.18. The first-order valence-corrected chi connectivity index (χ1v) is 10.4. The van der Waals surface area contributed by atoms with Gasteiger partial charge in [-0.15, -0.1) is 0 Å². The van der Waals surface area contributed by atoms with Gasteiger partial charge in [0.05, 0.1) is 0 Å². The molecule has 8 heteroatoms. The van der Waals surface area contributed by atoms with Gasteiger partial charge >= 0.3 is 6.09 Å². The van der Waals surface area contributed by atoms with E-state index in [1.807, 2.05) is 19.9 Å². The van der Waals surface area contributed by atoms with Crippen LogP contribution in [0.1, 0.15) is 51.8 Å².